The maximum atomic E-state index is 4.95. The Morgan fingerprint density at radius 1 is 1.29 bits per heavy atom. The van der Waals surface area contributed by atoms with Gasteiger partial charge in [0.15, 0.2) is 11.8 Å². The first kappa shape index (κ1) is 20.4. The molecule has 0 amide bonds. The number of rotatable bonds is 6. The van der Waals surface area contributed by atoms with E-state index in [2.05, 4.69) is 63.9 Å². The molecule has 0 saturated carbocycles. The van der Waals surface area contributed by atoms with Crippen molar-refractivity contribution in [3.05, 3.63) is 47.1 Å². The number of nitrogens with one attached hydrogen (secondary N) is 2. The Bertz CT molecular complexity index is 656. The average Bonchev–Trinajstić information content (AvgIpc) is 2.95. The molecular weight excluding hydrogens is 417 g/mol. The summed E-state index contributed by atoms with van der Waals surface area (Å²) in [5, 5.41) is 10.5. The molecule has 0 saturated heterocycles. The van der Waals surface area contributed by atoms with Crippen molar-refractivity contribution in [3.8, 4) is 0 Å². The molecular formula is C17H26IN5O. The van der Waals surface area contributed by atoms with E-state index in [1.165, 1.54) is 11.1 Å². The highest BCUT2D eigenvalue weighted by molar-refractivity contribution is 14.0. The van der Waals surface area contributed by atoms with Crippen molar-refractivity contribution in [2.75, 3.05) is 13.1 Å². The lowest BCUT2D eigenvalue weighted by molar-refractivity contribution is 0.387. The first-order valence-electron chi connectivity index (χ1n) is 7.96. The number of hydrogen-bond acceptors (Lipinski definition) is 4. The van der Waals surface area contributed by atoms with Crippen LogP contribution in [0, 0.1) is 13.8 Å². The largest absolute Gasteiger partial charge is 0.357 e. The van der Waals surface area contributed by atoms with Gasteiger partial charge in [-0.05, 0) is 25.3 Å². The predicted molar refractivity (Wildman–Crippen MR) is 107 cm³/mol. The minimum absolute atomic E-state index is 0. The van der Waals surface area contributed by atoms with Crippen LogP contribution in [0.4, 0.5) is 0 Å². The summed E-state index contributed by atoms with van der Waals surface area (Å²) in [5.74, 6) is 2.30. The summed E-state index contributed by atoms with van der Waals surface area (Å²) in [5.41, 5.74) is 2.60. The molecule has 1 unspecified atom stereocenters. The highest BCUT2D eigenvalue weighted by atomic mass is 127. The van der Waals surface area contributed by atoms with Gasteiger partial charge in [-0.3, -0.25) is 0 Å². The fourth-order valence-electron chi connectivity index (χ4n) is 2.24. The van der Waals surface area contributed by atoms with E-state index in [1.807, 2.05) is 6.92 Å². The van der Waals surface area contributed by atoms with Gasteiger partial charge >= 0.3 is 0 Å². The SMILES string of the molecule is CCNC(=NCc1noc(C)n1)NCC(C)c1cccc(C)c1.I. The van der Waals surface area contributed by atoms with Crippen LogP contribution in [0.1, 0.15) is 42.6 Å². The molecule has 24 heavy (non-hydrogen) atoms. The third-order valence-electron chi connectivity index (χ3n) is 3.48. The fraction of sp³-hybridized carbons (Fsp3) is 0.471. The molecule has 0 spiro atoms. The van der Waals surface area contributed by atoms with Gasteiger partial charge < -0.3 is 15.2 Å². The molecule has 7 heteroatoms. The molecule has 0 aliphatic carbocycles. The molecule has 0 radical (unpaired) electrons. The molecule has 1 aromatic carbocycles. The Labute approximate surface area is 160 Å². The predicted octanol–water partition coefficient (Wildman–Crippen LogP) is 3.16. The van der Waals surface area contributed by atoms with Crippen LogP contribution in [0.15, 0.2) is 33.8 Å². The molecule has 2 N–H and O–H groups in total. The molecule has 0 aliphatic heterocycles. The smallest absolute Gasteiger partial charge is 0.223 e. The Hall–Kier alpha value is -1.64. The van der Waals surface area contributed by atoms with Crippen LogP contribution in [0.3, 0.4) is 0 Å². The van der Waals surface area contributed by atoms with Gasteiger partial charge in [0.1, 0.15) is 6.54 Å². The second kappa shape index (κ2) is 10.3. The van der Waals surface area contributed by atoms with Gasteiger partial charge in [-0.1, -0.05) is 41.9 Å². The quantitative estimate of drug-likeness (QED) is 0.408. The van der Waals surface area contributed by atoms with Crippen LogP contribution in [-0.4, -0.2) is 29.2 Å². The number of aliphatic imine (C=N–C) groups is 1. The first-order chi connectivity index (χ1) is 11.1. The van der Waals surface area contributed by atoms with E-state index in [-0.39, 0.29) is 24.0 Å². The summed E-state index contributed by atoms with van der Waals surface area (Å²) in [6, 6.07) is 8.59. The van der Waals surface area contributed by atoms with Crippen LogP contribution < -0.4 is 10.6 Å². The number of hydrogen-bond donors (Lipinski definition) is 2. The third-order valence-corrected chi connectivity index (χ3v) is 3.48. The maximum Gasteiger partial charge on any atom is 0.223 e. The molecule has 0 fully saturated rings. The number of guanidine groups is 1. The summed E-state index contributed by atoms with van der Waals surface area (Å²) in [4.78, 5) is 8.64. The van der Waals surface area contributed by atoms with Gasteiger partial charge in [0.25, 0.3) is 0 Å². The lowest BCUT2D eigenvalue weighted by Gasteiger charge is -2.16. The molecule has 0 aliphatic rings. The van der Waals surface area contributed by atoms with E-state index in [9.17, 15) is 0 Å². The molecule has 2 aromatic rings. The lowest BCUT2D eigenvalue weighted by atomic mass is 9.99. The van der Waals surface area contributed by atoms with Gasteiger partial charge in [0.2, 0.25) is 5.89 Å². The Kier molecular flexibility index (Phi) is 8.73. The number of aromatic nitrogens is 2. The van der Waals surface area contributed by atoms with Crippen LogP contribution in [0.2, 0.25) is 0 Å². The van der Waals surface area contributed by atoms with E-state index in [4.69, 9.17) is 4.52 Å². The van der Waals surface area contributed by atoms with E-state index >= 15 is 0 Å². The van der Waals surface area contributed by atoms with Crippen LogP contribution in [-0.2, 0) is 6.54 Å². The monoisotopic (exact) mass is 443 g/mol. The molecule has 1 heterocycles. The second-order valence-corrected chi connectivity index (χ2v) is 5.62. The second-order valence-electron chi connectivity index (χ2n) is 5.62. The van der Waals surface area contributed by atoms with Crippen molar-refractivity contribution in [2.45, 2.75) is 40.2 Å². The van der Waals surface area contributed by atoms with Crippen molar-refractivity contribution >= 4 is 29.9 Å². The maximum absolute atomic E-state index is 4.95. The first-order valence-corrected chi connectivity index (χ1v) is 7.96. The number of aryl methyl sites for hydroxylation is 2. The Morgan fingerprint density at radius 2 is 2.08 bits per heavy atom. The summed E-state index contributed by atoms with van der Waals surface area (Å²) in [7, 11) is 0. The number of halogens is 1. The zero-order chi connectivity index (χ0) is 16.7. The highest BCUT2D eigenvalue weighted by Crippen LogP contribution is 2.15. The van der Waals surface area contributed by atoms with Crippen molar-refractivity contribution in [2.24, 2.45) is 4.99 Å². The molecule has 2 rings (SSSR count). The van der Waals surface area contributed by atoms with E-state index in [0.717, 1.165) is 19.0 Å². The molecule has 1 aromatic heterocycles. The van der Waals surface area contributed by atoms with Crippen LogP contribution in [0.5, 0.6) is 0 Å². The Morgan fingerprint density at radius 3 is 2.71 bits per heavy atom. The Balaban J connectivity index is 0.00000288. The summed E-state index contributed by atoms with van der Waals surface area (Å²) in [6.45, 7) is 10.1. The minimum Gasteiger partial charge on any atom is -0.357 e. The summed E-state index contributed by atoms with van der Waals surface area (Å²) < 4.78 is 4.95. The fourth-order valence-corrected chi connectivity index (χ4v) is 2.24. The highest BCUT2D eigenvalue weighted by Gasteiger charge is 2.07. The molecule has 0 bridgehead atoms. The van der Waals surface area contributed by atoms with Gasteiger partial charge in [0.05, 0.1) is 0 Å². The van der Waals surface area contributed by atoms with Crippen molar-refractivity contribution in [1.82, 2.24) is 20.8 Å². The molecule has 1 atom stereocenters. The van der Waals surface area contributed by atoms with Crippen LogP contribution in [0.25, 0.3) is 0 Å². The normalized spacial score (nSPS) is 12.4. The van der Waals surface area contributed by atoms with Crippen LogP contribution >= 0.6 is 24.0 Å². The zero-order valence-electron chi connectivity index (χ0n) is 14.7. The standard InChI is InChI=1S/C17H25N5O.HI/c1-5-18-17(20-11-16-21-14(4)23-22-16)19-10-13(3)15-8-6-7-12(2)9-15;/h6-9,13H,5,10-11H2,1-4H3,(H2,18,19,20);1H. The van der Waals surface area contributed by atoms with Crippen molar-refractivity contribution in [3.63, 3.8) is 0 Å². The summed E-state index contributed by atoms with van der Waals surface area (Å²) in [6.07, 6.45) is 0. The van der Waals surface area contributed by atoms with E-state index in [1.54, 1.807) is 6.92 Å². The van der Waals surface area contributed by atoms with Gasteiger partial charge in [-0.25, -0.2) is 4.99 Å². The van der Waals surface area contributed by atoms with Gasteiger partial charge in [0, 0.05) is 20.0 Å². The average molecular weight is 443 g/mol. The third kappa shape index (κ3) is 6.46. The number of benzene rings is 1. The van der Waals surface area contributed by atoms with Crippen molar-refractivity contribution in [1.29, 1.82) is 0 Å². The van der Waals surface area contributed by atoms with Gasteiger partial charge in [-0.15, -0.1) is 24.0 Å². The molecule has 132 valence electrons. The van der Waals surface area contributed by atoms with E-state index < -0.39 is 0 Å². The number of nitrogens with zero attached hydrogens (tertiary/aromatic N) is 3. The topological polar surface area (TPSA) is 75.3 Å². The van der Waals surface area contributed by atoms with E-state index in [0.29, 0.717) is 24.2 Å². The zero-order valence-corrected chi connectivity index (χ0v) is 17.0. The molecule has 6 nitrogen and oxygen atoms in total. The summed E-state index contributed by atoms with van der Waals surface area (Å²) >= 11 is 0. The minimum atomic E-state index is 0. The van der Waals surface area contributed by atoms with Crippen molar-refractivity contribution < 1.29 is 4.52 Å². The van der Waals surface area contributed by atoms with Gasteiger partial charge in [-0.2, -0.15) is 4.98 Å². The lowest BCUT2D eigenvalue weighted by Crippen LogP contribution is -2.39.